The molecule has 1 N–H and O–H groups in total. The van der Waals surface area contributed by atoms with Crippen LogP contribution < -0.4 is 5.32 Å². The highest BCUT2D eigenvalue weighted by Gasteiger charge is 2.32. The average molecular weight is 335 g/mol. The molecule has 1 aromatic carbocycles. The molecule has 0 unspecified atom stereocenters. The van der Waals surface area contributed by atoms with Crippen molar-refractivity contribution in [1.29, 1.82) is 0 Å². The fourth-order valence-electron chi connectivity index (χ4n) is 2.30. The minimum Gasteiger partial charge on any atom is -0.314 e. The van der Waals surface area contributed by atoms with Crippen molar-refractivity contribution in [2.75, 3.05) is 19.6 Å². The molecular weight excluding hydrogens is 320 g/mol. The van der Waals surface area contributed by atoms with Gasteiger partial charge in [0.05, 0.1) is 11.7 Å². The van der Waals surface area contributed by atoms with E-state index >= 15 is 0 Å². The number of fused-ring (bicyclic) bond motifs is 1. The van der Waals surface area contributed by atoms with Gasteiger partial charge < -0.3 is 5.32 Å². The van der Waals surface area contributed by atoms with E-state index in [0.717, 1.165) is 11.7 Å². The van der Waals surface area contributed by atoms with Gasteiger partial charge in [0.25, 0.3) is 0 Å². The van der Waals surface area contributed by atoms with Gasteiger partial charge in [-0.05, 0) is 19.1 Å². The summed E-state index contributed by atoms with van der Waals surface area (Å²) in [6.45, 7) is 3.74. The molecule has 6 nitrogen and oxygen atoms in total. The molecule has 110 valence electrons. The highest BCUT2D eigenvalue weighted by atomic mass is 35.5. The maximum Gasteiger partial charge on any atom is 0.245 e. The van der Waals surface area contributed by atoms with Crippen LogP contribution in [0.25, 0.3) is 11.0 Å². The molecule has 1 atom stereocenters. The van der Waals surface area contributed by atoms with E-state index in [4.69, 9.17) is 0 Å². The Morgan fingerprint density at radius 2 is 2.20 bits per heavy atom. The fourth-order valence-corrected chi connectivity index (χ4v) is 4.68. The molecule has 9 heteroatoms. The van der Waals surface area contributed by atoms with Crippen LogP contribution in [0.1, 0.15) is 6.92 Å². The maximum absolute atomic E-state index is 12.7. The number of piperazine rings is 1. The molecule has 1 aromatic heterocycles. The topological polar surface area (TPSA) is 75.2 Å². The van der Waals surface area contributed by atoms with Crippen molar-refractivity contribution in [2.45, 2.75) is 17.9 Å². The third-order valence-electron chi connectivity index (χ3n) is 3.28. The summed E-state index contributed by atoms with van der Waals surface area (Å²) in [5.74, 6) is 0. The minimum absolute atomic E-state index is 0. The van der Waals surface area contributed by atoms with Crippen molar-refractivity contribution in [3.8, 4) is 0 Å². The lowest BCUT2D eigenvalue weighted by Crippen LogP contribution is -2.52. The van der Waals surface area contributed by atoms with E-state index in [-0.39, 0.29) is 23.3 Å². The van der Waals surface area contributed by atoms with Gasteiger partial charge >= 0.3 is 0 Å². The first-order valence-corrected chi connectivity index (χ1v) is 8.21. The molecule has 0 radical (unpaired) electrons. The minimum atomic E-state index is -3.51. The predicted octanol–water partition coefficient (Wildman–Crippen LogP) is 1.10. The number of halogens is 1. The molecule has 0 amide bonds. The van der Waals surface area contributed by atoms with Crippen LogP contribution in [0.2, 0.25) is 0 Å². The van der Waals surface area contributed by atoms with Crippen LogP contribution >= 0.6 is 24.1 Å². The second-order valence-corrected chi connectivity index (χ2v) is 6.94. The Bertz CT molecular complexity index is 703. The van der Waals surface area contributed by atoms with E-state index in [0.29, 0.717) is 30.7 Å². The second kappa shape index (κ2) is 5.90. The van der Waals surface area contributed by atoms with Gasteiger partial charge in [-0.2, -0.15) is 13.1 Å². The Hall–Kier alpha value is -0.800. The van der Waals surface area contributed by atoms with Crippen molar-refractivity contribution < 1.29 is 8.42 Å². The van der Waals surface area contributed by atoms with E-state index in [1.165, 1.54) is 4.31 Å². The molecule has 1 fully saturated rings. The van der Waals surface area contributed by atoms with Crippen molar-refractivity contribution in [1.82, 2.24) is 18.4 Å². The second-order valence-electron chi connectivity index (χ2n) is 4.56. The van der Waals surface area contributed by atoms with Crippen molar-refractivity contribution in [3.63, 3.8) is 0 Å². The zero-order chi connectivity index (χ0) is 13.5. The van der Waals surface area contributed by atoms with Crippen molar-refractivity contribution in [2.24, 2.45) is 0 Å². The average Bonchev–Trinajstić information content (AvgIpc) is 2.86. The van der Waals surface area contributed by atoms with Crippen LogP contribution in [0.15, 0.2) is 23.1 Å². The molecule has 0 bridgehead atoms. The summed E-state index contributed by atoms with van der Waals surface area (Å²) in [5, 5.41) is 3.19. The first kappa shape index (κ1) is 15.6. The van der Waals surface area contributed by atoms with Gasteiger partial charge in [-0.1, -0.05) is 6.07 Å². The summed E-state index contributed by atoms with van der Waals surface area (Å²) in [6.07, 6.45) is 0. The monoisotopic (exact) mass is 334 g/mol. The molecule has 0 aliphatic carbocycles. The van der Waals surface area contributed by atoms with Crippen LogP contribution in [-0.2, 0) is 10.0 Å². The van der Waals surface area contributed by atoms with E-state index in [1.54, 1.807) is 18.2 Å². The van der Waals surface area contributed by atoms with Crippen molar-refractivity contribution >= 4 is 45.2 Å². The Morgan fingerprint density at radius 3 is 2.95 bits per heavy atom. The summed E-state index contributed by atoms with van der Waals surface area (Å²) in [6, 6.07) is 5.04. The van der Waals surface area contributed by atoms with Crippen LogP contribution in [-0.4, -0.2) is 47.1 Å². The molecule has 2 heterocycles. The van der Waals surface area contributed by atoms with Crippen molar-refractivity contribution in [3.05, 3.63) is 18.2 Å². The lowest BCUT2D eigenvalue weighted by Gasteiger charge is -2.32. The van der Waals surface area contributed by atoms with Crippen LogP contribution in [0.5, 0.6) is 0 Å². The molecule has 1 aliphatic rings. The highest BCUT2D eigenvalue weighted by molar-refractivity contribution is 7.89. The molecule has 3 rings (SSSR count). The van der Waals surface area contributed by atoms with Gasteiger partial charge in [0.2, 0.25) is 10.0 Å². The highest BCUT2D eigenvalue weighted by Crippen LogP contribution is 2.25. The molecule has 1 aliphatic heterocycles. The van der Waals surface area contributed by atoms with E-state index in [2.05, 4.69) is 14.1 Å². The van der Waals surface area contributed by atoms with Gasteiger partial charge in [0.15, 0.2) is 0 Å². The summed E-state index contributed by atoms with van der Waals surface area (Å²) >= 11 is 1.04. The smallest absolute Gasteiger partial charge is 0.245 e. The number of nitrogens with one attached hydrogen (secondary N) is 1. The Labute approximate surface area is 128 Å². The van der Waals surface area contributed by atoms with Crippen LogP contribution in [0.3, 0.4) is 0 Å². The largest absolute Gasteiger partial charge is 0.314 e. The summed E-state index contributed by atoms with van der Waals surface area (Å²) in [4.78, 5) is 0.257. The molecule has 2 aromatic rings. The Morgan fingerprint density at radius 1 is 1.40 bits per heavy atom. The number of rotatable bonds is 2. The number of hydrogen-bond acceptors (Lipinski definition) is 6. The maximum atomic E-state index is 12.7. The van der Waals surface area contributed by atoms with E-state index in [9.17, 15) is 8.42 Å². The molecule has 0 saturated carbocycles. The van der Waals surface area contributed by atoms with Gasteiger partial charge in [0.1, 0.15) is 15.9 Å². The summed E-state index contributed by atoms with van der Waals surface area (Å²) in [7, 11) is -3.51. The summed E-state index contributed by atoms with van der Waals surface area (Å²) < 4.78 is 35.2. The van der Waals surface area contributed by atoms with E-state index < -0.39 is 10.0 Å². The van der Waals surface area contributed by atoms with Gasteiger partial charge in [-0.15, -0.1) is 12.4 Å². The standard InChI is InChI=1S/C11H14N4O2S2.ClH/c1-8-7-12-5-6-15(8)19(16,17)10-4-2-3-9-11(10)14-18-13-9;/h2-4,8,12H,5-7H2,1H3;1H/t8-;/m0./s1. The van der Waals surface area contributed by atoms with Crippen LogP contribution in [0.4, 0.5) is 0 Å². The van der Waals surface area contributed by atoms with E-state index in [1.807, 2.05) is 6.92 Å². The molecular formula is C11H15ClN4O2S2. The number of aromatic nitrogens is 2. The first-order valence-electron chi connectivity index (χ1n) is 6.04. The predicted molar refractivity (Wildman–Crippen MR) is 80.9 cm³/mol. The SMILES string of the molecule is C[C@H]1CNCCN1S(=O)(=O)c1cccc2nsnc12.Cl. The lowest BCUT2D eigenvalue weighted by molar-refractivity contribution is 0.284. The number of hydrogen-bond donors (Lipinski definition) is 1. The fraction of sp³-hybridized carbons (Fsp3) is 0.455. The Kier molecular flexibility index (Phi) is 4.60. The van der Waals surface area contributed by atoms with Gasteiger partial charge in [-0.25, -0.2) is 8.42 Å². The zero-order valence-corrected chi connectivity index (χ0v) is 13.3. The third kappa shape index (κ3) is 2.53. The number of nitrogens with zero attached hydrogens (tertiary/aromatic N) is 3. The number of sulfonamides is 1. The first-order chi connectivity index (χ1) is 9.10. The normalized spacial score (nSPS) is 20.8. The summed E-state index contributed by atoms with van der Waals surface area (Å²) in [5.41, 5.74) is 1.10. The molecule has 0 spiro atoms. The van der Waals surface area contributed by atoms with Gasteiger partial charge in [0, 0.05) is 25.7 Å². The lowest BCUT2D eigenvalue weighted by atomic mass is 10.3. The molecule has 1 saturated heterocycles. The quantitative estimate of drug-likeness (QED) is 0.890. The number of benzene rings is 1. The Balaban J connectivity index is 0.00000147. The third-order valence-corrected chi connectivity index (χ3v) is 5.86. The molecule has 20 heavy (non-hydrogen) atoms. The zero-order valence-electron chi connectivity index (χ0n) is 10.8. The van der Waals surface area contributed by atoms with Gasteiger partial charge in [-0.3, -0.25) is 0 Å². The van der Waals surface area contributed by atoms with Crippen LogP contribution in [0, 0.1) is 0 Å².